The number of fused-ring (bicyclic) bond motifs is 1. The van der Waals surface area contributed by atoms with Gasteiger partial charge in [0.05, 0.1) is 24.5 Å². The Balaban J connectivity index is 2.38. The van der Waals surface area contributed by atoms with Gasteiger partial charge in [0.25, 0.3) is 0 Å². The van der Waals surface area contributed by atoms with E-state index in [0.29, 0.717) is 6.54 Å². The number of likely N-dealkylation sites (tertiary alicyclic amines) is 1. The molecule has 1 saturated heterocycles. The van der Waals surface area contributed by atoms with E-state index in [1.54, 1.807) is 14.0 Å². The summed E-state index contributed by atoms with van der Waals surface area (Å²) in [4.78, 5) is 40.0. The lowest BCUT2D eigenvalue weighted by Crippen LogP contribution is -2.51. The quantitative estimate of drug-likeness (QED) is 0.446. The van der Waals surface area contributed by atoms with Crippen LogP contribution in [0.15, 0.2) is 12.2 Å². The zero-order valence-electron chi connectivity index (χ0n) is 16.1. The van der Waals surface area contributed by atoms with Crippen LogP contribution >= 0.6 is 0 Å². The van der Waals surface area contributed by atoms with E-state index in [9.17, 15) is 19.5 Å². The van der Waals surface area contributed by atoms with Crippen LogP contribution in [0.3, 0.4) is 0 Å². The first kappa shape index (κ1) is 20.4. The van der Waals surface area contributed by atoms with Crippen LogP contribution in [0.25, 0.3) is 0 Å². The Kier molecular flexibility index (Phi) is 6.81. The van der Waals surface area contributed by atoms with Crippen LogP contribution in [-0.4, -0.2) is 60.0 Å². The minimum Gasteiger partial charge on any atom is -0.394 e. The molecule has 6 atom stereocenters. The van der Waals surface area contributed by atoms with Crippen molar-refractivity contribution in [2.45, 2.75) is 45.7 Å². The Labute approximate surface area is 155 Å². The zero-order chi connectivity index (χ0) is 19.4. The molecule has 1 fully saturated rings. The van der Waals surface area contributed by atoms with Crippen molar-refractivity contribution >= 4 is 17.7 Å². The average Bonchev–Trinajstić information content (AvgIpc) is 2.93. The Bertz CT molecular complexity index is 577. The second-order valence-electron chi connectivity index (χ2n) is 7.35. The number of hydrogen-bond donors (Lipinski definition) is 3. The number of carbonyl (C=O) groups excluding carboxylic acids is 3. The van der Waals surface area contributed by atoms with Crippen molar-refractivity contribution in [3.63, 3.8) is 0 Å². The van der Waals surface area contributed by atoms with Crippen LogP contribution in [-0.2, 0) is 14.4 Å². The highest BCUT2D eigenvalue weighted by molar-refractivity contribution is 5.96. The fourth-order valence-electron chi connectivity index (χ4n) is 4.17. The minimum atomic E-state index is -0.692. The number of nitrogens with one attached hydrogen (secondary N) is 2. The molecular formula is C19H31N3O4. The van der Waals surface area contributed by atoms with E-state index in [-0.39, 0.29) is 36.2 Å². The Hall–Kier alpha value is -1.89. The predicted molar refractivity (Wildman–Crippen MR) is 97.9 cm³/mol. The van der Waals surface area contributed by atoms with E-state index in [4.69, 9.17) is 0 Å². The number of aliphatic hydroxyl groups excluding tert-OH is 1. The molecule has 0 aromatic rings. The highest BCUT2D eigenvalue weighted by Gasteiger charge is 2.57. The van der Waals surface area contributed by atoms with Gasteiger partial charge in [0.1, 0.15) is 6.04 Å². The van der Waals surface area contributed by atoms with Crippen LogP contribution in [0.5, 0.6) is 0 Å². The van der Waals surface area contributed by atoms with Crippen molar-refractivity contribution < 1.29 is 19.5 Å². The molecule has 0 unspecified atom stereocenters. The van der Waals surface area contributed by atoms with Crippen LogP contribution in [0.4, 0.5) is 0 Å². The van der Waals surface area contributed by atoms with Gasteiger partial charge in [-0.25, -0.2) is 0 Å². The number of rotatable bonds is 7. The maximum Gasteiger partial charge on any atom is 0.243 e. The van der Waals surface area contributed by atoms with Crippen molar-refractivity contribution in [1.82, 2.24) is 15.5 Å². The highest BCUT2D eigenvalue weighted by Crippen LogP contribution is 2.44. The van der Waals surface area contributed by atoms with E-state index in [0.717, 1.165) is 12.8 Å². The molecule has 0 saturated carbocycles. The molecule has 26 heavy (non-hydrogen) atoms. The van der Waals surface area contributed by atoms with Crippen molar-refractivity contribution in [1.29, 1.82) is 0 Å². The molecule has 0 aromatic carbocycles. The number of amides is 3. The molecule has 1 heterocycles. The predicted octanol–water partition coefficient (Wildman–Crippen LogP) is 0.295. The smallest absolute Gasteiger partial charge is 0.243 e. The molecule has 2 rings (SSSR count). The summed E-state index contributed by atoms with van der Waals surface area (Å²) in [5.74, 6) is -2.17. The number of hydrogen-bond acceptors (Lipinski definition) is 4. The summed E-state index contributed by atoms with van der Waals surface area (Å²) in [6, 6.07) is -1.17. The van der Waals surface area contributed by atoms with Crippen molar-refractivity contribution in [3.8, 4) is 0 Å². The van der Waals surface area contributed by atoms with Crippen LogP contribution in [0.1, 0.15) is 33.6 Å². The summed E-state index contributed by atoms with van der Waals surface area (Å²) in [5, 5.41) is 15.2. The first-order valence-corrected chi connectivity index (χ1v) is 9.49. The van der Waals surface area contributed by atoms with Crippen LogP contribution in [0, 0.1) is 23.7 Å². The summed E-state index contributed by atoms with van der Waals surface area (Å²) < 4.78 is 0. The van der Waals surface area contributed by atoms with Crippen molar-refractivity contribution in [3.05, 3.63) is 12.2 Å². The standard InChI is InChI=1S/C19H31N3O4/c1-5-6-9-21-18(25)16-13-8-7-11(2)14(17(24)20-4)15(13)19(26)22(16)12(3)10-23/h7-8,11-16,23H,5-6,9-10H2,1-4H3,(H,20,24)(H,21,25)/t11-,12-,13+,14-,15+,16+/m1/s1. The maximum absolute atomic E-state index is 13.2. The lowest BCUT2D eigenvalue weighted by Gasteiger charge is -2.32. The fourth-order valence-corrected chi connectivity index (χ4v) is 4.17. The topological polar surface area (TPSA) is 98.7 Å². The van der Waals surface area contributed by atoms with Gasteiger partial charge in [-0.05, 0) is 19.3 Å². The molecule has 1 aliphatic carbocycles. The molecular weight excluding hydrogens is 334 g/mol. The first-order chi connectivity index (χ1) is 12.4. The number of allylic oxidation sites excluding steroid dienone is 1. The van der Waals surface area contributed by atoms with Crippen LogP contribution < -0.4 is 10.6 Å². The summed E-state index contributed by atoms with van der Waals surface area (Å²) in [7, 11) is 1.56. The molecule has 0 aromatic heterocycles. The van der Waals surface area contributed by atoms with Gasteiger partial charge in [-0.15, -0.1) is 0 Å². The molecule has 0 spiro atoms. The Morgan fingerprint density at radius 2 is 2.00 bits per heavy atom. The lowest BCUT2D eigenvalue weighted by molar-refractivity contribution is -0.142. The number of carbonyl (C=O) groups is 3. The molecule has 7 heteroatoms. The van der Waals surface area contributed by atoms with Crippen molar-refractivity contribution in [2.24, 2.45) is 23.7 Å². The second kappa shape index (κ2) is 8.66. The summed E-state index contributed by atoms with van der Waals surface area (Å²) in [6.45, 7) is 6.00. The number of unbranched alkanes of at least 4 members (excludes halogenated alkanes) is 1. The summed E-state index contributed by atoms with van der Waals surface area (Å²) >= 11 is 0. The average molecular weight is 365 g/mol. The van der Waals surface area contributed by atoms with Crippen LogP contribution in [0.2, 0.25) is 0 Å². The molecule has 0 radical (unpaired) electrons. The lowest BCUT2D eigenvalue weighted by atomic mass is 9.70. The van der Waals surface area contributed by atoms with Gasteiger partial charge in [-0.2, -0.15) is 0 Å². The fraction of sp³-hybridized carbons (Fsp3) is 0.737. The summed E-state index contributed by atoms with van der Waals surface area (Å²) in [5.41, 5.74) is 0. The molecule has 1 aliphatic heterocycles. The Morgan fingerprint density at radius 1 is 1.31 bits per heavy atom. The molecule has 2 aliphatic rings. The third kappa shape index (κ3) is 3.63. The van der Waals surface area contributed by atoms with Gasteiger partial charge >= 0.3 is 0 Å². The van der Waals surface area contributed by atoms with E-state index in [2.05, 4.69) is 10.6 Å². The second-order valence-corrected chi connectivity index (χ2v) is 7.35. The Morgan fingerprint density at radius 3 is 2.58 bits per heavy atom. The normalized spacial score (nSPS) is 31.5. The SMILES string of the molecule is CCCCNC(=O)[C@@H]1[C@H]2C=C[C@@H](C)[C@@H](C(=O)NC)[C@H]2C(=O)N1[C@H](C)CO. The van der Waals surface area contributed by atoms with Crippen molar-refractivity contribution in [2.75, 3.05) is 20.2 Å². The first-order valence-electron chi connectivity index (χ1n) is 9.49. The molecule has 7 nitrogen and oxygen atoms in total. The monoisotopic (exact) mass is 365 g/mol. The molecule has 146 valence electrons. The molecule has 3 amide bonds. The minimum absolute atomic E-state index is 0.0895. The zero-order valence-corrected chi connectivity index (χ0v) is 16.1. The number of nitrogens with zero attached hydrogens (tertiary/aromatic N) is 1. The van der Waals surface area contributed by atoms with Gasteiger partial charge in [0.2, 0.25) is 17.7 Å². The van der Waals surface area contributed by atoms with Gasteiger partial charge in [0.15, 0.2) is 0 Å². The highest BCUT2D eigenvalue weighted by atomic mass is 16.3. The van der Waals surface area contributed by atoms with E-state index in [1.807, 2.05) is 26.0 Å². The molecule has 3 N–H and O–H groups in total. The molecule has 0 bridgehead atoms. The maximum atomic E-state index is 13.2. The van der Waals surface area contributed by atoms with E-state index in [1.165, 1.54) is 4.90 Å². The summed E-state index contributed by atoms with van der Waals surface area (Å²) in [6.07, 6.45) is 5.65. The van der Waals surface area contributed by atoms with E-state index < -0.39 is 23.9 Å². The third-order valence-corrected chi connectivity index (χ3v) is 5.60. The van der Waals surface area contributed by atoms with Gasteiger partial charge in [0, 0.05) is 19.5 Å². The number of aliphatic hydroxyl groups is 1. The van der Waals surface area contributed by atoms with Gasteiger partial charge in [-0.3, -0.25) is 14.4 Å². The van der Waals surface area contributed by atoms with Gasteiger partial charge in [-0.1, -0.05) is 32.4 Å². The van der Waals surface area contributed by atoms with Gasteiger partial charge < -0.3 is 20.6 Å². The third-order valence-electron chi connectivity index (χ3n) is 5.60. The van der Waals surface area contributed by atoms with E-state index >= 15 is 0 Å². The largest absolute Gasteiger partial charge is 0.394 e.